The molecule has 2 aromatic carbocycles. The molecule has 0 radical (unpaired) electrons. The fourth-order valence-electron chi connectivity index (χ4n) is 3.94. The maximum atomic E-state index is 12.9. The quantitative estimate of drug-likeness (QED) is 0.223. The molecule has 0 fully saturated rings. The van der Waals surface area contributed by atoms with Crippen LogP contribution >= 0.6 is 34.7 Å². The molecule has 11 heteroatoms. The summed E-state index contributed by atoms with van der Waals surface area (Å²) in [5, 5.41) is 16.1. The summed E-state index contributed by atoms with van der Waals surface area (Å²) in [6, 6.07) is 16.4. The SMILES string of the molecule is Cc1sc(NC(=O)CSc2nnc([C@H](CC(C)C)NC(=O)c3ccccc3Cl)n2C)nc1-c1ccccc1. The van der Waals surface area contributed by atoms with Gasteiger partial charge in [-0.15, -0.1) is 21.5 Å². The van der Waals surface area contributed by atoms with Crippen molar-refractivity contribution in [2.75, 3.05) is 11.1 Å². The van der Waals surface area contributed by atoms with E-state index in [9.17, 15) is 9.59 Å². The molecule has 198 valence electrons. The van der Waals surface area contributed by atoms with Crippen LogP contribution < -0.4 is 10.6 Å². The molecule has 0 aliphatic rings. The predicted molar refractivity (Wildman–Crippen MR) is 154 cm³/mol. The van der Waals surface area contributed by atoms with Crippen LogP contribution in [0.1, 0.15) is 47.4 Å². The number of anilines is 1. The normalized spacial score (nSPS) is 11.9. The zero-order valence-electron chi connectivity index (χ0n) is 21.6. The second kappa shape index (κ2) is 12.6. The van der Waals surface area contributed by atoms with Crippen LogP contribution in [0.15, 0.2) is 59.8 Å². The molecular weight excluding hydrogens is 540 g/mol. The first-order valence-corrected chi connectivity index (χ1v) is 14.3. The minimum atomic E-state index is -0.367. The Morgan fingerprint density at radius 3 is 2.50 bits per heavy atom. The highest BCUT2D eigenvalue weighted by molar-refractivity contribution is 7.99. The Morgan fingerprint density at radius 2 is 1.79 bits per heavy atom. The summed E-state index contributed by atoms with van der Waals surface area (Å²) in [5.41, 5.74) is 2.29. The zero-order chi connectivity index (χ0) is 27.2. The average Bonchev–Trinajstić information content (AvgIpc) is 3.44. The number of nitrogens with zero attached hydrogens (tertiary/aromatic N) is 4. The van der Waals surface area contributed by atoms with Gasteiger partial charge in [0.15, 0.2) is 16.1 Å². The molecule has 2 aromatic heterocycles. The molecule has 0 unspecified atom stereocenters. The van der Waals surface area contributed by atoms with E-state index in [1.54, 1.807) is 24.3 Å². The summed E-state index contributed by atoms with van der Waals surface area (Å²) in [6.07, 6.45) is 0.667. The maximum absolute atomic E-state index is 12.9. The molecule has 0 saturated heterocycles. The van der Waals surface area contributed by atoms with E-state index in [-0.39, 0.29) is 23.6 Å². The fourth-order valence-corrected chi connectivity index (χ4v) is 5.73. The van der Waals surface area contributed by atoms with E-state index in [2.05, 4.69) is 39.7 Å². The van der Waals surface area contributed by atoms with Gasteiger partial charge >= 0.3 is 0 Å². The lowest BCUT2D eigenvalue weighted by Crippen LogP contribution is -2.31. The summed E-state index contributed by atoms with van der Waals surface area (Å²) in [7, 11) is 1.83. The topological polar surface area (TPSA) is 102 Å². The number of carbonyl (C=O) groups is 2. The molecule has 2 N–H and O–H groups in total. The Balaban J connectivity index is 1.41. The summed E-state index contributed by atoms with van der Waals surface area (Å²) < 4.78 is 1.82. The first-order chi connectivity index (χ1) is 18.2. The van der Waals surface area contributed by atoms with Gasteiger partial charge in [0.2, 0.25) is 5.91 Å². The van der Waals surface area contributed by atoms with Gasteiger partial charge in [-0.05, 0) is 31.4 Å². The highest BCUT2D eigenvalue weighted by atomic mass is 35.5. The standard InChI is InChI=1S/C27H29ClN6O2S2/c1-16(2)14-21(29-25(36)19-12-8-9-13-20(19)28)24-32-33-27(34(24)4)37-15-22(35)30-26-31-23(17(3)38-26)18-10-6-5-7-11-18/h5-13,16,21H,14-15H2,1-4H3,(H,29,36)(H,30,31,35)/t21-/m0/s1. The summed E-state index contributed by atoms with van der Waals surface area (Å²) in [5.74, 6) is 0.606. The molecule has 0 bridgehead atoms. The van der Waals surface area contributed by atoms with Crippen molar-refractivity contribution in [3.63, 3.8) is 0 Å². The van der Waals surface area contributed by atoms with Crippen molar-refractivity contribution in [1.82, 2.24) is 25.1 Å². The summed E-state index contributed by atoms with van der Waals surface area (Å²) in [6.45, 7) is 6.15. The van der Waals surface area contributed by atoms with Gasteiger partial charge in [0.1, 0.15) is 0 Å². The van der Waals surface area contributed by atoms with Crippen molar-refractivity contribution in [1.29, 1.82) is 0 Å². The van der Waals surface area contributed by atoms with Crippen LogP contribution in [-0.2, 0) is 11.8 Å². The van der Waals surface area contributed by atoms with E-state index in [0.29, 0.717) is 39.0 Å². The van der Waals surface area contributed by atoms with E-state index < -0.39 is 0 Å². The molecule has 2 heterocycles. The second-order valence-corrected chi connectivity index (χ2v) is 11.7. The van der Waals surface area contributed by atoms with Gasteiger partial charge in [0.05, 0.1) is 28.1 Å². The molecule has 0 aliphatic carbocycles. The molecule has 4 aromatic rings. The van der Waals surface area contributed by atoms with Crippen molar-refractivity contribution < 1.29 is 9.59 Å². The van der Waals surface area contributed by atoms with Gasteiger partial charge in [-0.25, -0.2) is 4.98 Å². The number of benzene rings is 2. The van der Waals surface area contributed by atoms with E-state index in [1.165, 1.54) is 23.1 Å². The lowest BCUT2D eigenvalue weighted by molar-refractivity contribution is -0.113. The average molecular weight is 569 g/mol. The highest BCUT2D eigenvalue weighted by Gasteiger charge is 2.24. The molecule has 0 saturated carbocycles. The van der Waals surface area contributed by atoms with Crippen LogP contribution in [0.5, 0.6) is 0 Å². The minimum Gasteiger partial charge on any atom is -0.342 e. The molecule has 0 aliphatic heterocycles. The second-order valence-electron chi connectivity index (χ2n) is 9.16. The number of nitrogens with one attached hydrogen (secondary N) is 2. The van der Waals surface area contributed by atoms with Gasteiger partial charge in [0, 0.05) is 17.5 Å². The van der Waals surface area contributed by atoms with E-state index in [4.69, 9.17) is 11.6 Å². The van der Waals surface area contributed by atoms with Crippen molar-refractivity contribution in [3.8, 4) is 11.3 Å². The lowest BCUT2D eigenvalue weighted by atomic mass is 10.0. The number of rotatable bonds is 10. The molecule has 4 rings (SSSR count). The smallest absolute Gasteiger partial charge is 0.253 e. The van der Waals surface area contributed by atoms with E-state index >= 15 is 0 Å². The number of hydrogen-bond acceptors (Lipinski definition) is 7. The Morgan fingerprint density at radius 1 is 1.08 bits per heavy atom. The van der Waals surface area contributed by atoms with Crippen LogP contribution in [0.4, 0.5) is 5.13 Å². The van der Waals surface area contributed by atoms with Gasteiger partial charge in [-0.2, -0.15) is 0 Å². The van der Waals surface area contributed by atoms with Crippen molar-refractivity contribution in [3.05, 3.63) is 75.9 Å². The van der Waals surface area contributed by atoms with Gasteiger partial charge in [-0.1, -0.05) is 79.7 Å². The number of thioether (sulfide) groups is 1. The van der Waals surface area contributed by atoms with Gasteiger partial charge < -0.3 is 15.2 Å². The third-order valence-electron chi connectivity index (χ3n) is 5.73. The fraction of sp³-hybridized carbons (Fsp3) is 0.296. The molecule has 0 spiro atoms. The minimum absolute atomic E-state index is 0.145. The van der Waals surface area contributed by atoms with E-state index in [0.717, 1.165) is 16.1 Å². The lowest BCUT2D eigenvalue weighted by Gasteiger charge is -2.20. The monoisotopic (exact) mass is 568 g/mol. The number of aromatic nitrogens is 4. The Bertz CT molecular complexity index is 1420. The number of carbonyl (C=O) groups excluding carboxylic acids is 2. The van der Waals surface area contributed by atoms with Crippen molar-refractivity contribution in [2.24, 2.45) is 13.0 Å². The molecule has 38 heavy (non-hydrogen) atoms. The van der Waals surface area contributed by atoms with Gasteiger partial charge in [-0.3, -0.25) is 9.59 Å². The van der Waals surface area contributed by atoms with Crippen LogP contribution in [0.25, 0.3) is 11.3 Å². The van der Waals surface area contributed by atoms with Crippen molar-refractivity contribution >= 4 is 51.6 Å². The number of halogens is 1. The highest BCUT2D eigenvalue weighted by Crippen LogP contribution is 2.30. The third-order valence-corrected chi connectivity index (χ3v) is 7.97. The molecule has 2 amide bonds. The largest absolute Gasteiger partial charge is 0.342 e. The first-order valence-electron chi connectivity index (χ1n) is 12.1. The van der Waals surface area contributed by atoms with Crippen LogP contribution in [-0.4, -0.2) is 37.3 Å². The van der Waals surface area contributed by atoms with Crippen LogP contribution in [0, 0.1) is 12.8 Å². The third kappa shape index (κ3) is 6.80. The summed E-state index contributed by atoms with van der Waals surface area (Å²) >= 11 is 8.94. The Hall–Kier alpha value is -3.21. The number of hydrogen-bond donors (Lipinski definition) is 2. The van der Waals surface area contributed by atoms with Crippen molar-refractivity contribution in [2.45, 2.75) is 38.4 Å². The molecule has 8 nitrogen and oxygen atoms in total. The van der Waals surface area contributed by atoms with Crippen LogP contribution in [0.2, 0.25) is 5.02 Å². The number of amides is 2. The molecule has 1 atom stereocenters. The maximum Gasteiger partial charge on any atom is 0.253 e. The number of thiazole rings is 1. The first kappa shape index (κ1) is 27.8. The van der Waals surface area contributed by atoms with Gasteiger partial charge in [0.25, 0.3) is 5.91 Å². The predicted octanol–water partition coefficient (Wildman–Crippen LogP) is 6.15. The van der Waals surface area contributed by atoms with Crippen LogP contribution in [0.3, 0.4) is 0 Å². The zero-order valence-corrected chi connectivity index (χ0v) is 24.0. The Labute approximate surface area is 235 Å². The number of aryl methyl sites for hydroxylation is 1. The Kier molecular flexibility index (Phi) is 9.19. The van der Waals surface area contributed by atoms with E-state index in [1.807, 2.05) is 48.9 Å². The molecular formula is C27H29ClN6O2S2. The summed E-state index contributed by atoms with van der Waals surface area (Å²) in [4.78, 5) is 31.3.